The number of nitrogens with one attached hydrogen (secondary N) is 1. The summed E-state index contributed by atoms with van der Waals surface area (Å²) in [5.41, 5.74) is 8.09. The van der Waals surface area contributed by atoms with Crippen molar-refractivity contribution in [1.82, 2.24) is 20.2 Å². The number of nitrogens with two attached hydrogens (primary N) is 1. The van der Waals surface area contributed by atoms with Crippen LogP contribution in [0.25, 0.3) is 22.0 Å². The number of nitrogen functional groups attached to an aromatic ring is 1. The van der Waals surface area contributed by atoms with Crippen LogP contribution in [0.5, 0.6) is 17.5 Å². The highest BCUT2D eigenvalue weighted by Gasteiger charge is 2.14. The van der Waals surface area contributed by atoms with Gasteiger partial charge in [0.1, 0.15) is 5.75 Å². The second-order valence-corrected chi connectivity index (χ2v) is 5.56. The van der Waals surface area contributed by atoms with Gasteiger partial charge in [0.25, 0.3) is 0 Å². The Morgan fingerprint density at radius 2 is 1.85 bits per heavy atom. The number of halogens is 1. The van der Waals surface area contributed by atoms with E-state index in [0.717, 1.165) is 10.9 Å². The fourth-order valence-electron chi connectivity index (χ4n) is 2.56. The van der Waals surface area contributed by atoms with E-state index in [1.54, 1.807) is 30.7 Å². The average molecular weight is 351 g/mol. The number of benzene rings is 2. The molecule has 8 heteroatoms. The van der Waals surface area contributed by atoms with E-state index in [0.29, 0.717) is 22.6 Å². The molecule has 0 saturated carbocycles. The summed E-state index contributed by atoms with van der Waals surface area (Å²) in [5.74, 6) is -0.0386. The number of aromatic amines is 1. The molecule has 2 aromatic carbocycles. The monoisotopic (exact) mass is 351 g/mol. The van der Waals surface area contributed by atoms with Crippen molar-refractivity contribution in [1.29, 1.82) is 0 Å². The van der Waals surface area contributed by atoms with Crippen molar-refractivity contribution in [3.63, 3.8) is 0 Å². The van der Waals surface area contributed by atoms with Crippen LogP contribution < -0.4 is 15.2 Å². The molecule has 0 fully saturated rings. The lowest BCUT2D eigenvalue weighted by Gasteiger charge is -2.12. The van der Waals surface area contributed by atoms with Crippen LogP contribution in [0.3, 0.4) is 0 Å². The van der Waals surface area contributed by atoms with Gasteiger partial charge in [-0.1, -0.05) is 0 Å². The molecule has 2 heterocycles. The minimum atomic E-state index is -0.547. The first kappa shape index (κ1) is 15.8. The van der Waals surface area contributed by atoms with Gasteiger partial charge in [0.05, 0.1) is 18.8 Å². The van der Waals surface area contributed by atoms with Crippen molar-refractivity contribution in [3.8, 4) is 28.6 Å². The molecule has 3 N–H and O–H groups in total. The Balaban J connectivity index is 1.83. The van der Waals surface area contributed by atoms with E-state index in [2.05, 4.69) is 20.2 Å². The highest BCUT2D eigenvalue weighted by molar-refractivity contribution is 5.87. The van der Waals surface area contributed by atoms with E-state index in [4.69, 9.17) is 15.2 Å². The molecular formula is C18H14FN5O2. The molecule has 7 nitrogen and oxygen atoms in total. The number of fused-ring (bicyclic) bond motifs is 1. The second-order valence-electron chi connectivity index (χ2n) is 5.56. The molecule has 4 aromatic rings. The molecule has 0 amide bonds. The molecule has 4 rings (SSSR count). The molecule has 0 aliphatic carbocycles. The van der Waals surface area contributed by atoms with Crippen molar-refractivity contribution >= 4 is 16.6 Å². The number of anilines is 1. The number of hydrogen-bond acceptors (Lipinski definition) is 6. The first-order chi connectivity index (χ1) is 12.6. The van der Waals surface area contributed by atoms with Crippen LogP contribution in [0.1, 0.15) is 0 Å². The number of nitrogens with zero attached hydrogens (tertiary/aromatic N) is 3. The largest absolute Gasteiger partial charge is 0.467 e. The number of H-pyrrole nitrogens is 1. The van der Waals surface area contributed by atoms with Gasteiger partial charge in [0, 0.05) is 40.7 Å². The Morgan fingerprint density at radius 1 is 1.04 bits per heavy atom. The van der Waals surface area contributed by atoms with Gasteiger partial charge in [-0.3, -0.25) is 5.10 Å². The van der Waals surface area contributed by atoms with Gasteiger partial charge >= 0.3 is 6.01 Å². The third-order valence-electron chi connectivity index (χ3n) is 3.84. The molecule has 26 heavy (non-hydrogen) atoms. The average Bonchev–Trinajstić information content (AvgIpc) is 3.11. The molecule has 0 unspecified atom stereocenters. The van der Waals surface area contributed by atoms with Crippen LogP contribution in [0.15, 0.2) is 48.9 Å². The molecule has 2 aromatic heterocycles. The zero-order valence-electron chi connectivity index (χ0n) is 13.7. The third-order valence-corrected chi connectivity index (χ3v) is 3.84. The highest BCUT2D eigenvalue weighted by atomic mass is 19.1. The fraction of sp³-hybridized carbons (Fsp3) is 0.0556. The van der Waals surface area contributed by atoms with Crippen LogP contribution in [0.4, 0.5) is 10.1 Å². The Kier molecular flexibility index (Phi) is 3.85. The quantitative estimate of drug-likeness (QED) is 0.546. The van der Waals surface area contributed by atoms with E-state index in [9.17, 15) is 4.39 Å². The zero-order valence-corrected chi connectivity index (χ0v) is 13.7. The summed E-state index contributed by atoms with van der Waals surface area (Å²) in [6, 6.07) is 8.14. The topological polar surface area (TPSA) is 98.9 Å². The Labute approximate surface area is 147 Å². The van der Waals surface area contributed by atoms with Gasteiger partial charge in [-0.25, -0.2) is 14.4 Å². The minimum Gasteiger partial charge on any atom is -0.467 e. The molecule has 0 bridgehead atoms. The normalized spacial score (nSPS) is 10.8. The Hall–Kier alpha value is -3.68. The number of hydrogen-bond donors (Lipinski definition) is 2. The minimum absolute atomic E-state index is 0.0673. The van der Waals surface area contributed by atoms with Gasteiger partial charge in [-0.05, 0) is 24.3 Å². The Bertz CT molecular complexity index is 1080. The number of methoxy groups -OCH3 is 1. The van der Waals surface area contributed by atoms with E-state index in [1.807, 2.05) is 6.07 Å². The molecule has 0 aliphatic heterocycles. The van der Waals surface area contributed by atoms with Crippen molar-refractivity contribution < 1.29 is 13.9 Å². The van der Waals surface area contributed by atoms with Crippen molar-refractivity contribution in [2.75, 3.05) is 12.8 Å². The number of aromatic nitrogens is 4. The van der Waals surface area contributed by atoms with E-state index in [-0.39, 0.29) is 11.8 Å². The van der Waals surface area contributed by atoms with Crippen molar-refractivity contribution in [2.45, 2.75) is 0 Å². The number of ether oxygens (including phenoxy) is 2. The van der Waals surface area contributed by atoms with Crippen LogP contribution in [0, 0.1) is 5.82 Å². The molecule has 130 valence electrons. The predicted octanol–water partition coefficient (Wildman–Crippen LogP) is 3.54. The van der Waals surface area contributed by atoms with Gasteiger partial charge in [-0.2, -0.15) is 5.10 Å². The lowest BCUT2D eigenvalue weighted by molar-refractivity contribution is 0.380. The summed E-state index contributed by atoms with van der Waals surface area (Å²) in [7, 11) is 1.49. The molecule has 0 radical (unpaired) electrons. The summed E-state index contributed by atoms with van der Waals surface area (Å²) < 4.78 is 25.0. The third kappa shape index (κ3) is 2.88. The highest BCUT2D eigenvalue weighted by Crippen LogP contribution is 2.37. The fourth-order valence-corrected chi connectivity index (χ4v) is 2.56. The van der Waals surface area contributed by atoms with E-state index >= 15 is 0 Å². The van der Waals surface area contributed by atoms with Crippen LogP contribution in [0.2, 0.25) is 0 Å². The summed E-state index contributed by atoms with van der Waals surface area (Å²) in [6.07, 6.45) is 4.88. The van der Waals surface area contributed by atoms with Gasteiger partial charge in [0.15, 0.2) is 11.6 Å². The molecule has 0 aliphatic rings. The lowest BCUT2D eigenvalue weighted by atomic mass is 10.1. The second kappa shape index (κ2) is 6.32. The first-order valence-electron chi connectivity index (χ1n) is 7.70. The van der Waals surface area contributed by atoms with Crippen LogP contribution in [-0.4, -0.2) is 27.3 Å². The molecule has 0 saturated heterocycles. The first-order valence-corrected chi connectivity index (χ1v) is 7.70. The maximum atomic E-state index is 14.2. The summed E-state index contributed by atoms with van der Waals surface area (Å²) in [6.45, 7) is 0. The predicted molar refractivity (Wildman–Crippen MR) is 94.6 cm³/mol. The van der Waals surface area contributed by atoms with Gasteiger partial charge < -0.3 is 15.2 Å². The van der Waals surface area contributed by atoms with Crippen LogP contribution in [-0.2, 0) is 0 Å². The summed E-state index contributed by atoms with van der Waals surface area (Å²) in [4.78, 5) is 8.23. The summed E-state index contributed by atoms with van der Waals surface area (Å²) in [5, 5.41) is 7.75. The molecular weight excluding hydrogens is 337 g/mol. The van der Waals surface area contributed by atoms with E-state index < -0.39 is 5.82 Å². The summed E-state index contributed by atoms with van der Waals surface area (Å²) >= 11 is 0. The molecule has 0 atom stereocenters. The van der Waals surface area contributed by atoms with Gasteiger partial charge in [-0.15, -0.1) is 0 Å². The zero-order chi connectivity index (χ0) is 18.1. The smallest absolute Gasteiger partial charge is 0.316 e. The standard InChI is InChI=1S/C18H14FN5O2/c1-25-18-21-7-11(8-22-18)13-6-15-10(9-23-24-15)4-17(13)26-16-3-2-12(20)5-14(16)19/h2-9H,20H2,1H3,(H,23,24). The van der Waals surface area contributed by atoms with Gasteiger partial charge in [0.2, 0.25) is 0 Å². The Morgan fingerprint density at radius 3 is 2.58 bits per heavy atom. The SMILES string of the molecule is COc1ncc(-c2cc3[nH]ncc3cc2Oc2ccc(N)cc2F)cn1. The lowest BCUT2D eigenvalue weighted by Crippen LogP contribution is -1.95. The molecule has 0 spiro atoms. The maximum absolute atomic E-state index is 14.2. The maximum Gasteiger partial charge on any atom is 0.316 e. The number of rotatable bonds is 4. The van der Waals surface area contributed by atoms with Crippen LogP contribution >= 0.6 is 0 Å². The van der Waals surface area contributed by atoms with E-state index in [1.165, 1.54) is 19.2 Å². The van der Waals surface area contributed by atoms with Crippen molar-refractivity contribution in [2.24, 2.45) is 0 Å². The van der Waals surface area contributed by atoms with Crippen molar-refractivity contribution in [3.05, 3.63) is 54.7 Å².